The molecule has 110 valence electrons. The van der Waals surface area contributed by atoms with Crippen LogP contribution in [-0.4, -0.2) is 22.2 Å². The first-order chi connectivity index (χ1) is 10.1. The van der Waals surface area contributed by atoms with Crippen LogP contribution in [0.5, 0.6) is 5.75 Å². The number of phenolic OH excluding ortho intramolecular Hbond substituents is 1. The van der Waals surface area contributed by atoms with Crippen LogP contribution < -0.4 is 0 Å². The summed E-state index contributed by atoms with van der Waals surface area (Å²) in [7, 11) is 0. The summed E-state index contributed by atoms with van der Waals surface area (Å²) in [6.45, 7) is 4.99. The molecule has 2 aromatic rings. The maximum atomic E-state index is 12.3. The Labute approximate surface area is 124 Å². The number of hydrogen-bond donors (Lipinski definition) is 1. The van der Waals surface area contributed by atoms with Gasteiger partial charge in [-0.25, -0.2) is 4.79 Å². The molecule has 1 aliphatic heterocycles. The molecule has 1 aromatic heterocycles. The predicted octanol–water partition coefficient (Wildman–Crippen LogP) is 3.29. The van der Waals surface area contributed by atoms with Gasteiger partial charge in [-0.05, 0) is 44.4 Å². The molecule has 4 heteroatoms. The first kappa shape index (κ1) is 13.7. The molecular formula is C17H19NO3. The van der Waals surface area contributed by atoms with E-state index in [1.54, 1.807) is 12.1 Å². The third kappa shape index (κ3) is 2.11. The van der Waals surface area contributed by atoms with Crippen LogP contribution in [0.2, 0.25) is 0 Å². The van der Waals surface area contributed by atoms with E-state index >= 15 is 0 Å². The summed E-state index contributed by atoms with van der Waals surface area (Å²) in [4.78, 5) is 12.3. The van der Waals surface area contributed by atoms with Crippen LogP contribution in [0.3, 0.4) is 0 Å². The van der Waals surface area contributed by atoms with E-state index in [0.29, 0.717) is 12.2 Å². The summed E-state index contributed by atoms with van der Waals surface area (Å²) in [5, 5.41) is 10.1. The van der Waals surface area contributed by atoms with Crippen LogP contribution in [0, 0.1) is 6.92 Å². The smallest absolute Gasteiger partial charge is 0.340 e. The summed E-state index contributed by atoms with van der Waals surface area (Å²) in [6.07, 6.45) is 1.89. The number of nitrogens with zero attached hydrogens (tertiary/aromatic N) is 1. The van der Waals surface area contributed by atoms with Gasteiger partial charge in [0.1, 0.15) is 5.75 Å². The lowest BCUT2D eigenvalue weighted by Gasteiger charge is -2.09. The van der Waals surface area contributed by atoms with Gasteiger partial charge in [0.25, 0.3) is 0 Å². The lowest BCUT2D eigenvalue weighted by molar-refractivity contribution is 0.0524. The molecule has 1 N–H and O–H groups in total. The van der Waals surface area contributed by atoms with Crippen molar-refractivity contribution in [1.82, 2.24) is 4.57 Å². The molecule has 3 rings (SSSR count). The summed E-state index contributed by atoms with van der Waals surface area (Å²) >= 11 is 0. The number of aromatic nitrogens is 1. The van der Waals surface area contributed by atoms with Crippen LogP contribution in [0.1, 0.15) is 35.0 Å². The van der Waals surface area contributed by atoms with E-state index in [1.807, 2.05) is 26.0 Å². The number of aromatic hydroxyl groups is 1. The molecule has 2 heterocycles. The SMILES string of the molecule is CCOC(=O)c1c(C)c(-c2ccccc2O)n2c1CCC2. The van der Waals surface area contributed by atoms with Gasteiger partial charge in [0, 0.05) is 17.8 Å². The molecule has 0 bridgehead atoms. The highest BCUT2D eigenvalue weighted by Gasteiger charge is 2.29. The Hall–Kier alpha value is -2.23. The van der Waals surface area contributed by atoms with Gasteiger partial charge in [-0.1, -0.05) is 12.1 Å². The van der Waals surface area contributed by atoms with Gasteiger partial charge >= 0.3 is 5.97 Å². The van der Waals surface area contributed by atoms with Crippen molar-refractivity contribution in [3.8, 4) is 17.0 Å². The molecule has 0 unspecified atom stereocenters. The fourth-order valence-corrected chi connectivity index (χ4v) is 3.21. The van der Waals surface area contributed by atoms with Crippen molar-refractivity contribution < 1.29 is 14.6 Å². The van der Waals surface area contributed by atoms with Crippen molar-refractivity contribution in [2.24, 2.45) is 0 Å². The maximum absolute atomic E-state index is 12.3. The third-order valence-electron chi connectivity index (χ3n) is 4.05. The fourth-order valence-electron chi connectivity index (χ4n) is 3.21. The number of ether oxygens (including phenoxy) is 1. The minimum absolute atomic E-state index is 0.239. The molecule has 0 saturated carbocycles. The van der Waals surface area contributed by atoms with Crippen LogP contribution in [0.4, 0.5) is 0 Å². The standard InChI is InChI=1S/C17H19NO3/c1-3-21-17(20)15-11(2)16(18-10-6-8-13(15)18)12-7-4-5-9-14(12)19/h4-5,7,9,19H,3,6,8,10H2,1-2H3. The van der Waals surface area contributed by atoms with Gasteiger partial charge in [0.15, 0.2) is 0 Å². The quantitative estimate of drug-likeness (QED) is 0.880. The Morgan fingerprint density at radius 3 is 2.86 bits per heavy atom. The Bertz CT molecular complexity index is 700. The zero-order valence-corrected chi connectivity index (χ0v) is 12.3. The van der Waals surface area contributed by atoms with Crippen molar-refractivity contribution in [2.45, 2.75) is 33.2 Å². The highest BCUT2D eigenvalue weighted by atomic mass is 16.5. The van der Waals surface area contributed by atoms with E-state index in [0.717, 1.165) is 41.9 Å². The molecule has 1 aliphatic rings. The van der Waals surface area contributed by atoms with Crippen LogP contribution >= 0.6 is 0 Å². The topological polar surface area (TPSA) is 51.5 Å². The van der Waals surface area contributed by atoms with E-state index in [2.05, 4.69) is 4.57 Å². The molecule has 0 spiro atoms. The molecule has 1 aromatic carbocycles. The normalized spacial score (nSPS) is 13.2. The van der Waals surface area contributed by atoms with Crippen molar-refractivity contribution in [1.29, 1.82) is 0 Å². The van der Waals surface area contributed by atoms with Crippen LogP contribution in [0.15, 0.2) is 24.3 Å². The number of carbonyl (C=O) groups excluding carboxylic acids is 1. The molecule has 0 amide bonds. The molecule has 0 radical (unpaired) electrons. The van der Waals surface area contributed by atoms with Gasteiger partial charge in [0.05, 0.1) is 17.9 Å². The Kier molecular flexibility index (Phi) is 3.45. The largest absolute Gasteiger partial charge is 0.507 e. The zero-order chi connectivity index (χ0) is 15.0. The average molecular weight is 285 g/mol. The molecule has 0 saturated heterocycles. The number of rotatable bonds is 3. The second-order valence-corrected chi connectivity index (χ2v) is 5.29. The van der Waals surface area contributed by atoms with Gasteiger partial charge in [-0.15, -0.1) is 0 Å². The summed E-state index contributed by atoms with van der Waals surface area (Å²) < 4.78 is 7.35. The van der Waals surface area contributed by atoms with Gasteiger partial charge < -0.3 is 14.4 Å². The average Bonchev–Trinajstić information content (AvgIpc) is 3.00. The molecule has 0 aliphatic carbocycles. The highest BCUT2D eigenvalue weighted by molar-refractivity contribution is 5.96. The number of carbonyl (C=O) groups is 1. The third-order valence-corrected chi connectivity index (χ3v) is 4.05. The lowest BCUT2D eigenvalue weighted by Crippen LogP contribution is -2.07. The first-order valence-electron chi connectivity index (χ1n) is 7.32. The zero-order valence-electron chi connectivity index (χ0n) is 12.3. The van der Waals surface area contributed by atoms with Crippen molar-refractivity contribution in [2.75, 3.05) is 6.61 Å². The minimum atomic E-state index is -0.262. The number of phenols is 1. The minimum Gasteiger partial charge on any atom is -0.507 e. The fraction of sp³-hybridized carbons (Fsp3) is 0.353. The lowest BCUT2D eigenvalue weighted by atomic mass is 10.0. The summed E-state index contributed by atoms with van der Waals surface area (Å²) in [6, 6.07) is 7.26. The number of benzene rings is 1. The number of hydrogen-bond acceptors (Lipinski definition) is 3. The van der Waals surface area contributed by atoms with Gasteiger partial charge in [0.2, 0.25) is 0 Å². The molecule has 4 nitrogen and oxygen atoms in total. The van der Waals surface area contributed by atoms with E-state index in [9.17, 15) is 9.90 Å². The van der Waals surface area contributed by atoms with E-state index in [1.165, 1.54) is 0 Å². The van der Waals surface area contributed by atoms with Crippen molar-refractivity contribution in [3.63, 3.8) is 0 Å². The summed E-state index contributed by atoms with van der Waals surface area (Å²) in [5.74, 6) is -0.0227. The monoisotopic (exact) mass is 285 g/mol. The Balaban J connectivity index is 2.21. The molecule has 0 atom stereocenters. The van der Waals surface area contributed by atoms with Gasteiger partial charge in [-0.2, -0.15) is 0 Å². The van der Waals surface area contributed by atoms with Crippen molar-refractivity contribution in [3.05, 3.63) is 41.1 Å². The van der Waals surface area contributed by atoms with Crippen LogP contribution in [0.25, 0.3) is 11.3 Å². The Morgan fingerprint density at radius 1 is 1.38 bits per heavy atom. The second-order valence-electron chi connectivity index (χ2n) is 5.29. The number of fused-ring (bicyclic) bond motifs is 1. The molecule has 0 fully saturated rings. The van der Waals surface area contributed by atoms with Crippen LogP contribution in [-0.2, 0) is 17.7 Å². The number of para-hydroxylation sites is 1. The van der Waals surface area contributed by atoms with E-state index < -0.39 is 0 Å². The first-order valence-corrected chi connectivity index (χ1v) is 7.32. The number of esters is 1. The summed E-state index contributed by atoms with van der Waals surface area (Å²) in [5.41, 5.74) is 4.30. The Morgan fingerprint density at radius 2 is 2.14 bits per heavy atom. The second kappa shape index (κ2) is 5.28. The molecular weight excluding hydrogens is 266 g/mol. The highest BCUT2D eigenvalue weighted by Crippen LogP contribution is 2.39. The molecule has 21 heavy (non-hydrogen) atoms. The maximum Gasteiger partial charge on any atom is 0.340 e. The van der Waals surface area contributed by atoms with E-state index in [-0.39, 0.29) is 11.7 Å². The van der Waals surface area contributed by atoms with Gasteiger partial charge in [-0.3, -0.25) is 0 Å². The van der Waals surface area contributed by atoms with Crippen molar-refractivity contribution >= 4 is 5.97 Å². The predicted molar refractivity (Wildman–Crippen MR) is 80.5 cm³/mol. The van der Waals surface area contributed by atoms with E-state index in [4.69, 9.17) is 4.74 Å².